The van der Waals surface area contributed by atoms with Gasteiger partial charge in [-0.1, -0.05) is 11.6 Å². The van der Waals surface area contributed by atoms with Gasteiger partial charge in [-0.3, -0.25) is 9.59 Å². The molecule has 1 rings (SSSR count). The fraction of sp³-hybridized carbons (Fsp3) is 0.429. The Bertz CT molecular complexity index is 685. The van der Waals surface area contributed by atoms with E-state index in [-0.39, 0.29) is 5.02 Å². The molecule has 0 saturated carbocycles. The number of hydrogen-bond donors (Lipinski definition) is 0. The summed E-state index contributed by atoms with van der Waals surface area (Å²) in [4.78, 5) is 26.1. The van der Waals surface area contributed by atoms with E-state index in [0.29, 0.717) is 4.90 Å². The predicted molar refractivity (Wildman–Crippen MR) is 86.1 cm³/mol. The molecule has 0 aliphatic rings. The van der Waals surface area contributed by atoms with E-state index in [1.54, 1.807) is 27.7 Å². The number of esters is 1. The predicted octanol–water partition coefficient (Wildman–Crippen LogP) is 4.75. The summed E-state index contributed by atoms with van der Waals surface area (Å²) < 4.78 is 19.0. The topological polar surface area (TPSA) is 92.1 Å². The quantitative estimate of drug-likeness (QED) is 0.255. The summed E-state index contributed by atoms with van der Waals surface area (Å²) in [5, 5.41) is 2.26. The third-order valence-corrected chi connectivity index (χ3v) is 3.99. The number of carbonyl (C=O) groups is 2. The SMILES string of the molecule is CC(Sc1cc(C(=O)N=[N+]=[N-])c(F)cc1Cl)C(=O)OC(C)(C)C. The van der Waals surface area contributed by atoms with E-state index in [1.807, 2.05) is 0 Å². The highest BCUT2D eigenvalue weighted by Crippen LogP contribution is 2.33. The molecule has 0 saturated heterocycles. The Labute approximate surface area is 142 Å². The number of thioether (sulfide) groups is 1. The summed E-state index contributed by atoms with van der Waals surface area (Å²) in [5.41, 5.74) is 7.21. The maximum Gasteiger partial charge on any atom is 0.319 e. The Kier molecular flexibility index (Phi) is 6.44. The molecule has 0 fully saturated rings. The number of carbonyl (C=O) groups excluding carboxylic acids is 2. The monoisotopic (exact) mass is 359 g/mol. The van der Waals surface area contributed by atoms with Crippen LogP contribution in [0.3, 0.4) is 0 Å². The average Bonchev–Trinajstić information content (AvgIpc) is 2.39. The van der Waals surface area contributed by atoms with Crippen LogP contribution in [0.5, 0.6) is 0 Å². The van der Waals surface area contributed by atoms with Crippen LogP contribution >= 0.6 is 23.4 Å². The lowest BCUT2D eigenvalue weighted by molar-refractivity contribution is -0.153. The fourth-order valence-electron chi connectivity index (χ4n) is 1.50. The number of benzene rings is 1. The van der Waals surface area contributed by atoms with Crippen molar-refractivity contribution in [1.82, 2.24) is 0 Å². The molecule has 6 nitrogen and oxygen atoms in total. The fourth-order valence-corrected chi connectivity index (χ4v) is 2.67. The number of amides is 1. The number of hydrogen-bond acceptors (Lipinski definition) is 4. The van der Waals surface area contributed by atoms with Crippen LogP contribution in [0.2, 0.25) is 5.02 Å². The zero-order valence-electron chi connectivity index (χ0n) is 13.0. The molecule has 1 aromatic carbocycles. The second-order valence-electron chi connectivity index (χ2n) is 5.55. The highest BCUT2D eigenvalue weighted by Gasteiger charge is 2.24. The molecule has 1 unspecified atom stereocenters. The number of ether oxygens (including phenoxy) is 1. The maximum atomic E-state index is 13.7. The highest BCUT2D eigenvalue weighted by atomic mass is 35.5. The van der Waals surface area contributed by atoms with Gasteiger partial charge in [-0.25, -0.2) is 4.39 Å². The molecule has 0 spiro atoms. The van der Waals surface area contributed by atoms with Crippen molar-refractivity contribution in [3.8, 4) is 0 Å². The minimum atomic E-state index is -1.06. The molecule has 0 heterocycles. The molecule has 0 bridgehead atoms. The van der Waals surface area contributed by atoms with Crippen LogP contribution in [0.4, 0.5) is 4.39 Å². The second-order valence-corrected chi connectivity index (χ2v) is 7.34. The Hall–Kier alpha value is -1.76. The highest BCUT2D eigenvalue weighted by molar-refractivity contribution is 8.00. The smallest absolute Gasteiger partial charge is 0.319 e. The van der Waals surface area contributed by atoms with Crippen LogP contribution in [0.1, 0.15) is 38.1 Å². The van der Waals surface area contributed by atoms with Crippen molar-refractivity contribution >= 4 is 35.2 Å². The molecule has 0 N–H and O–H groups in total. The number of rotatable bonds is 4. The van der Waals surface area contributed by atoms with Gasteiger partial charge in [0.25, 0.3) is 5.91 Å². The van der Waals surface area contributed by atoms with E-state index in [2.05, 4.69) is 10.0 Å². The van der Waals surface area contributed by atoms with Crippen LogP contribution in [0, 0.1) is 5.82 Å². The van der Waals surface area contributed by atoms with Gasteiger partial charge in [0.15, 0.2) is 0 Å². The Morgan fingerprint density at radius 2 is 2.04 bits per heavy atom. The molecular weight excluding hydrogens is 345 g/mol. The Morgan fingerprint density at radius 1 is 1.43 bits per heavy atom. The maximum absolute atomic E-state index is 13.7. The summed E-state index contributed by atoms with van der Waals surface area (Å²) in [5.74, 6) is -2.43. The lowest BCUT2D eigenvalue weighted by Crippen LogP contribution is -2.28. The van der Waals surface area contributed by atoms with Gasteiger partial charge in [0, 0.05) is 9.81 Å². The van der Waals surface area contributed by atoms with Gasteiger partial charge in [-0.2, -0.15) is 0 Å². The molecule has 23 heavy (non-hydrogen) atoms. The minimum Gasteiger partial charge on any atom is -0.459 e. The molecule has 124 valence electrons. The van der Waals surface area contributed by atoms with Crippen molar-refractivity contribution in [1.29, 1.82) is 0 Å². The first-order valence-corrected chi connectivity index (χ1v) is 7.79. The Morgan fingerprint density at radius 3 is 2.57 bits per heavy atom. The van der Waals surface area contributed by atoms with Crippen molar-refractivity contribution < 1.29 is 18.7 Å². The molecule has 0 aliphatic heterocycles. The van der Waals surface area contributed by atoms with Crippen LogP contribution < -0.4 is 0 Å². The van der Waals surface area contributed by atoms with Crippen LogP contribution in [-0.4, -0.2) is 22.7 Å². The Balaban J connectivity index is 3.04. The van der Waals surface area contributed by atoms with Crippen molar-refractivity contribution in [3.05, 3.63) is 39.0 Å². The van der Waals surface area contributed by atoms with Gasteiger partial charge in [0.2, 0.25) is 0 Å². The first kappa shape index (κ1) is 19.3. The van der Waals surface area contributed by atoms with Crippen molar-refractivity contribution in [2.45, 2.75) is 43.4 Å². The molecule has 0 radical (unpaired) electrons. The van der Waals surface area contributed by atoms with Crippen molar-refractivity contribution in [3.63, 3.8) is 0 Å². The van der Waals surface area contributed by atoms with Crippen molar-refractivity contribution in [2.24, 2.45) is 5.11 Å². The lowest BCUT2D eigenvalue weighted by atomic mass is 10.2. The number of azide groups is 1. The molecule has 1 atom stereocenters. The average molecular weight is 360 g/mol. The van der Waals surface area contributed by atoms with Crippen LogP contribution in [0.25, 0.3) is 10.4 Å². The lowest BCUT2D eigenvalue weighted by Gasteiger charge is -2.22. The molecule has 1 amide bonds. The molecule has 1 aromatic rings. The van der Waals surface area contributed by atoms with Crippen LogP contribution in [0.15, 0.2) is 22.1 Å². The molecular formula is C14H15ClFN3O3S. The number of halogens is 2. The van der Waals surface area contributed by atoms with E-state index >= 15 is 0 Å². The number of nitrogens with zero attached hydrogens (tertiary/aromatic N) is 3. The van der Waals surface area contributed by atoms with E-state index in [0.717, 1.165) is 23.9 Å². The molecule has 0 aliphatic carbocycles. The summed E-state index contributed by atoms with van der Waals surface area (Å²) in [6, 6.07) is 2.09. The zero-order chi connectivity index (χ0) is 17.8. The van der Waals surface area contributed by atoms with Gasteiger partial charge < -0.3 is 4.74 Å². The summed E-state index contributed by atoms with van der Waals surface area (Å²) in [6.45, 7) is 6.82. The first-order chi connectivity index (χ1) is 10.5. The minimum absolute atomic E-state index is 0.0420. The second kappa shape index (κ2) is 7.68. The van der Waals surface area contributed by atoms with Gasteiger partial charge in [0.05, 0.1) is 10.6 Å². The van der Waals surface area contributed by atoms with Gasteiger partial charge in [-0.15, -0.1) is 11.8 Å². The standard InChI is InChI=1S/C14H15ClFN3O3S/c1-7(13(21)22-14(2,3)4)23-11-5-8(12(20)18-19-17)10(16)6-9(11)15/h5-7H,1-4H3. The van der Waals surface area contributed by atoms with E-state index in [4.69, 9.17) is 21.9 Å². The van der Waals surface area contributed by atoms with Crippen LogP contribution in [-0.2, 0) is 9.53 Å². The normalized spacial score (nSPS) is 12.3. The van der Waals surface area contributed by atoms with Gasteiger partial charge in [-0.05, 0) is 50.5 Å². The largest absolute Gasteiger partial charge is 0.459 e. The van der Waals surface area contributed by atoms with Gasteiger partial charge >= 0.3 is 5.97 Å². The molecule has 0 aromatic heterocycles. The summed E-state index contributed by atoms with van der Waals surface area (Å²) in [6.07, 6.45) is 0. The van der Waals surface area contributed by atoms with Gasteiger partial charge in [0.1, 0.15) is 16.7 Å². The van der Waals surface area contributed by atoms with E-state index in [1.165, 1.54) is 0 Å². The van der Waals surface area contributed by atoms with E-state index in [9.17, 15) is 14.0 Å². The van der Waals surface area contributed by atoms with E-state index < -0.39 is 34.1 Å². The summed E-state index contributed by atoms with van der Waals surface area (Å²) in [7, 11) is 0. The third-order valence-electron chi connectivity index (χ3n) is 2.43. The van der Waals surface area contributed by atoms with Crippen molar-refractivity contribution in [2.75, 3.05) is 0 Å². The zero-order valence-corrected chi connectivity index (χ0v) is 14.5. The third kappa shape index (κ3) is 5.74. The first-order valence-electron chi connectivity index (χ1n) is 6.53. The molecule has 9 heteroatoms. The summed E-state index contributed by atoms with van der Waals surface area (Å²) >= 11 is 6.95.